The summed E-state index contributed by atoms with van der Waals surface area (Å²) in [5, 5.41) is 12.2. The topological polar surface area (TPSA) is 35.8 Å². The number of rotatable bonds is 2. The molecule has 0 heterocycles. The van der Waals surface area contributed by atoms with E-state index in [1.165, 1.54) is 3.57 Å². The first-order valence-electron chi connectivity index (χ1n) is 4.90. The van der Waals surface area contributed by atoms with Gasteiger partial charge in [0.05, 0.1) is 11.6 Å². The van der Waals surface area contributed by atoms with Crippen molar-refractivity contribution in [1.82, 2.24) is 0 Å². The van der Waals surface area contributed by atoms with Gasteiger partial charge in [-0.25, -0.2) is 0 Å². The minimum absolute atomic E-state index is 0.632. The molecule has 0 radical (unpaired) electrons. The monoisotopic (exact) mass is 398 g/mol. The Bertz CT molecular complexity index is 573. The second-order valence-electron chi connectivity index (χ2n) is 3.47. The van der Waals surface area contributed by atoms with Crippen molar-refractivity contribution in [2.75, 3.05) is 5.32 Å². The van der Waals surface area contributed by atoms with E-state index in [-0.39, 0.29) is 0 Å². The number of hydrogen-bond acceptors (Lipinski definition) is 2. The van der Waals surface area contributed by atoms with E-state index in [0.29, 0.717) is 5.56 Å². The fraction of sp³-hybridized carbons (Fsp3) is 0. The van der Waals surface area contributed by atoms with Crippen molar-refractivity contribution < 1.29 is 0 Å². The molecule has 0 saturated heterocycles. The molecular weight excluding hydrogens is 391 g/mol. The van der Waals surface area contributed by atoms with Gasteiger partial charge in [-0.05, 0) is 65.1 Å². The van der Waals surface area contributed by atoms with Crippen molar-refractivity contribution in [2.45, 2.75) is 0 Å². The Hall–Kier alpha value is -1.06. The molecule has 4 heteroatoms. The number of nitrogens with zero attached hydrogens (tertiary/aromatic N) is 1. The van der Waals surface area contributed by atoms with Crippen molar-refractivity contribution in [3.05, 3.63) is 56.1 Å². The lowest BCUT2D eigenvalue weighted by Gasteiger charge is -2.07. The van der Waals surface area contributed by atoms with E-state index in [4.69, 9.17) is 5.26 Å². The minimum atomic E-state index is 0.632. The highest BCUT2D eigenvalue weighted by Crippen LogP contribution is 2.23. The first kappa shape index (κ1) is 12.4. The molecule has 0 atom stereocenters. The number of anilines is 2. The van der Waals surface area contributed by atoms with Crippen molar-refractivity contribution in [2.24, 2.45) is 0 Å². The molecule has 0 saturated carbocycles. The molecule has 2 nitrogen and oxygen atoms in total. The van der Waals surface area contributed by atoms with E-state index >= 15 is 0 Å². The van der Waals surface area contributed by atoms with E-state index in [1.54, 1.807) is 6.07 Å². The van der Waals surface area contributed by atoms with Gasteiger partial charge >= 0.3 is 0 Å². The standard InChI is InChI=1S/C13H8BrIN2/c14-10-5-9(8-16)6-13(7-10)17-12-3-1-11(15)2-4-12/h1-7,17H. The highest BCUT2D eigenvalue weighted by atomic mass is 127. The zero-order chi connectivity index (χ0) is 12.3. The predicted octanol–water partition coefficient (Wildman–Crippen LogP) is 4.67. The molecule has 0 unspecified atom stereocenters. The number of nitriles is 1. The van der Waals surface area contributed by atoms with Crippen LogP contribution in [0.3, 0.4) is 0 Å². The molecule has 0 spiro atoms. The molecule has 0 fully saturated rings. The SMILES string of the molecule is N#Cc1cc(Br)cc(Nc2ccc(I)cc2)c1. The maximum absolute atomic E-state index is 8.89. The summed E-state index contributed by atoms with van der Waals surface area (Å²) < 4.78 is 2.09. The molecule has 17 heavy (non-hydrogen) atoms. The van der Waals surface area contributed by atoms with E-state index in [2.05, 4.69) is 49.9 Å². The summed E-state index contributed by atoms with van der Waals surface area (Å²) in [5.74, 6) is 0. The van der Waals surface area contributed by atoms with Crippen molar-refractivity contribution in [3.8, 4) is 6.07 Å². The van der Waals surface area contributed by atoms with E-state index < -0.39 is 0 Å². The highest BCUT2D eigenvalue weighted by Gasteiger charge is 1.99. The maximum atomic E-state index is 8.89. The molecule has 2 rings (SSSR count). The second-order valence-corrected chi connectivity index (χ2v) is 5.63. The largest absolute Gasteiger partial charge is 0.355 e. The van der Waals surface area contributed by atoms with Crippen LogP contribution in [0.2, 0.25) is 0 Å². The van der Waals surface area contributed by atoms with Crippen molar-refractivity contribution >= 4 is 49.9 Å². The van der Waals surface area contributed by atoms with Gasteiger partial charge in [0.15, 0.2) is 0 Å². The Balaban J connectivity index is 2.27. The van der Waals surface area contributed by atoms with Crippen LogP contribution < -0.4 is 5.32 Å². The Kier molecular flexibility index (Phi) is 4.02. The fourth-order valence-corrected chi connectivity index (χ4v) is 2.28. The van der Waals surface area contributed by atoms with Crippen molar-refractivity contribution in [3.63, 3.8) is 0 Å². The molecule has 0 bridgehead atoms. The van der Waals surface area contributed by atoms with Crippen LogP contribution in [0.25, 0.3) is 0 Å². The molecule has 84 valence electrons. The van der Waals surface area contributed by atoms with Crippen LogP contribution in [-0.2, 0) is 0 Å². The summed E-state index contributed by atoms with van der Waals surface area (Å²) in [6.45, 7) is 0. The van der Waals surface area contributed by atoms with Gasteiger partial charge in [-0.1, -0.05) is 15.9 Å². The average Bonchev–Trinajstić information content (AvgIpc) is 2.31. The normalized spacial score (nSPS) is 9.71. The Morgan fingerprint density at radius 2 is 1.76 bits per heavy atom. The van der Waals surface area contributed by atoms with E-state index in [9.17, 15) is 0 Å². The third-order valence-corrected chi connectivity index (χ3v) is 3.34. The number of benzene rings is 2. The summed E-state index contributed by atoms with van der Waals surface area (Å²) in [4.78, 5) is 0. The van der Waals surface area contributed by atoms with Crippen LogP contribution in [-0.4, -0.2) is 0 Å². The van der Waals surface area contributed by atoms with Gasteiger partial charge in [-0.2, -0.15) is 5.26 Å². The van der Waals surface area contributed by atoms with Crippen LogP contribution in [0, 0.1) is 14.9 Å². The molecule has 0 aliphatic carbocycles. The molecule has 0 aliphatic heterocycles. The van der Waals surface area contributed by atoms with Crippen LogP contribution in [0.5, 0.6) is 0 Å². The summed E-state index contributed by atoms with van der Waals surface area (Å²) in [6.07, 6.45) is 0. The number of hydrogen-bond donors (Lipinski definition) is 1. The van der Waals surface area contributed by atoms with Gasteiger partial charge in [-0.3, -0.25) is 0 Å². The lowest BCUT2D eigenvalue weighted by atomic mass is 10.2. The Morgan fingerprint density at radius 1 is 1.06 bits per heavy atom. The Morgan fingerprint density at radius 3 is 2.41 bits per heavy atom. The fourth-order valence-electron chi connectivity index (χ4n) is 1.43. The molecule has 0 aliphatic rings. The third-order valence-electron chi connectivity index (χ3n) is 2.16. The van der Waals surface area contributed by atoms with Crippen molar-refractivity contribution in [1.29, 1.82) is 5.26 Å². The highest BCUT2D eigenvalue weighted by molar-refractivity contribution is 14.1. The van der Waals surface area contributed by atoms with Crippen LogP contribution in [0.15, 0.2) is 46.9 Å². The van der Waals surface area contributed by atoms with Crippen LogP contribution >= 0.6 is 38.5 Å². The first-order chi connectivity index (χ1) is 8.17. The second kappa shape index (κ2) is 5.52. The van der Waals surface area contributed by atoms with Gasteiger partial charge in [0.2, 0.25) is 0 Å². The van der Waals surface area contributed by atoms with Gasteiger partial charge < -0.3 is 5.32 Å². The smallest absolute Gasteiger partial charge is 0.0992 e. The molecular formula is C13H8BrIN2. The quantitative estimate of drug-likeness (QED) is 0.746. The van der Waals surface area contributed by atoms with Gasteiger partial charge in [0, 0.05) is 19.4 Å². The minimum Gasteiger partial charge on any atom is -0.355 e. The summed E-state index contributed by atoms with van der Waals surface area (Å²) in [7, 11) is 0. The van der Waals surface area contributed by atoms with Gasteiger partial charge in [-0.15, -0.1) is 0 Å². The molecule has 2 aromatic rings. The van der Waals surface area contributed by atoms with Gasteiger partial charge in [0.25, 0.3) is 0 Å². The lowest BCUT2D eigenvalue weighted by Crippen LogP contribution is -1.91. The third kappa shape index (κ3) is 3.45. The lowest BCUT2D eigenvalue weighted by molar-refractivity contribution is 1.46. The van der Waals surface area contributed by atoms with Gasteiger partial charge in [0.1, 0.15) is 0 Å². The zero-order valence-electron chi connectivity index (χ0n) is 8.74. The van der Waals surface area contributed by atoms with E-state index in [0.717, 1.165) is 15.8 Å². The van der Waals surface area contributed by atoms with E-state index in [1.807, 2.05) is 36.4 Å². The Labute approximate surface area is 122 Å². The summed E-state index contributed by atoms with van der Waals surface area (Å²) in [5.41, 5.74) is 2.54. The van der Waals surface area contributed by atoms with Crippen LogP contribution in [0.4, 0.5) is 11.4 Å². The molecule has 2 aromatic carbocycles. The number of halogens is 2. The average molecular weight is 399 g/mol. The zero-order valence-corrected chi connectivity index (χ0v) is 12.5. The maximum Gasteiger partial charge on any atom is 0.0992 e. The summed E-state index contributed by atoms with van der Waals surface area (Å²) in [6, 6.07) is 15.8. The molecule has 0 amide bonds. The summed E-state index contributed by atoms with van der Waals surface area (Å²) >= 11 is 5.65. The van der Waals surface area contributed by atoms with Crippen LogP contribution in [0.1, 0.15) is 5.56 Å². The number of nitrogens with one attached hydrogen (secondary N) is 1. The molecule has 1 N–H and O–H groups in total. The predicted molar refractivity (Wildman–Crippen MR) is 81.3 cm³/mol. The molecule has 0 aromatic heterocycles. The first-order valence-corrected chi connectivity index (χ1v) is 6.78.